The number of likely N-dealkylation sites (N-methyl/N-ethyl adjacent to an activating group) is 1. The van der Waals surface area contributed by atoms with Crippen molar-refractivity contribution in [2.45, 2.75) is 13.3 Å². The summed E-state index contributed by atoms with van der Waals surface area (Å²) in [5.74, 6) is 1.84. The fourth-order valence-electron chi connectivity index (χ4n) is 1.51. The lowest BCUT2D eigenvalue weighted by Crippen LogP contribution is -2.21. The van der Waals surface area contributed by atoms with Gasteiger partial charge >= 0.3 is 0 Å². The Bertz CT molecular complexity index is 324. The summed E-state index contributed by atoms with van der Waals surface area (Å²) in [7, 11) is 5.99. The van der Waals surface area contributed by atoms with Crippen LogP contribution in [-0.2, 0) is 6.42 Å². The SMILES string of the molecule is CCc1c(NC)ncnc1NCCN(C)C. The van der Waals surface area contributed by atoms with E-state index in [1.807, 2.05) is 7.05 Å². The highest BCUT2D eigenvalue weighted by atomic mass is 15.1. The van der Waals surface area contributed by atoms with Gasteiger partial charge in [-0.3, -0.25) is 0 Å². The Balaban J connectivity index is 2.71. The molecule has 0 aromatic carbocycles. The lowest BCUT2D eigenvalue weighted by molar-refractivity contribution is 0.425. The molecule has 0 bridgehead atoms. The normalized spacial score (nSPS) is 10.6. The third kappa shape index (κ3) is 3.34. The lowest BCUT2D eigenvalue weighted by Gasteiger charge is -2.14. The number of aromatic nitrogens is 2. The summed E-state index contributed by atoms with van der Waals surface area (Å²) in [6.45, 7) is 3.98. The molecule has 1 aromatic heterocycles. The van der Waals surface area contributed by atoms with Gasteiger partial charge in [0.2, 0.25) is 0 Å². The van der Waals surface area contributed by atoms with E-state index in [0.29, 0.717) is 0 Å². The van der Waals surface area contributed by atoms with Crippen LogP contribution in [0.3, 0.4) is 0 Å². The maximum absolute atomic E-state index is 4.27. The van der Waals surface area contributed by atoms with Gasteiger partial charge < -0.3 is 15.5 Å². The minimum atomic E-state index is 0.889. The minimum Gasteiger partial charge on any atom is -0.373 e. The summed E-state index contributed by atoms with van der Waals surface area (Å²) < 4.78 is 0. The zero-order valence-corrected chi connectivity index (χ0v) is 10.5. The monoisotopic (exact) mass is 223 g/mol. The van der Waals surface area contributed by atoms with Crippen molar-refractivity contribution in [1.29, 1.82) is 0 Å². The minimum absolute atomic E-state index is 0.889. The summed E-state index contributed by atoms with van der Waals surface area (Å²) >= 11 is 0. The number of nitrogens with zero attached hydrogens (tertiary/aromatic N) is 3. The van der Waals surface area contributed by atoms with Crippen LogP contribution in [0.2, 0.25) is 0 Å². The van der Waals surface area contributed by atoms with Crippen LogP contribution < -0.4 is 10.6 Å². The van der Waals surface area contributed by atoms with E-state index in [9.17, 15) is 0 Å². The molecule has 0 atom stereocenters. The molecule has 1 rings (SSSR count). The Hall–Kier alpha value is -1.36. The summed E-state index contributed by atoms with van der Waals surface area (Å²) in [4.78, 5) is 10.6. The van der Waals surface area contributed by atoms with E-state index in [0.717, 1.165) is 36.7 Å². The van der Waals surface area contributed by atoms with Gasteiger partial charge in [-0.1, -0.05) is 6.92 Å². The molecule has 0 aliphatic carbocycles. The van der Waals surface area contributed by atoms with Crippen LogP contribution >= 0.6 is 0 Å². The van der Waals surface area contributed by atoms with E-state index in [2.05, 4.69) is 46.5 Å². The first-order valence-electron chi connectivity index (χ1n) is 5.59. The van der Waals surface area contributed by atoms with Gasteiger partial charge in [0.05, 0.1) is 0 Å². The van der Waals surface area contributed by atoms with E-state index < -0.39 is 0 Å². The number of hydrogen-bond acceptors (Lipinski definition) is 5. The largest absolute Gasteiger partial charge is 0.373 e. The Morgan fingerprint density at radius 3 is 2.50 bits per heavy atom. The summed E-state index contributed by atoms with van der Waals surface area (Å²) in [6.07, 6.45) is 2.50. The van der Waals surface area contributed by atoms with Crippen molar-refractivity contribution < 1.29 is 0 Å². The molecular weight excluding hydrogens is 202 g/mol. The molecule has 1 aromatic rings. The Morgan fingerprint density at radius 2 is 1.94 bits per heavy atom. The Morgan fingerprint density at radius 1 is 1.25 bits per heavy atom. The molecule has 0 aliphatic heterocycles. The number of anilines is 2. The second-order valence-electron chi connectivity index (χ2n) is 3.88. The smallest absolute Gasteiger partial charge is 0.134 e. The maximum atomic E-state index is 4.27. The Labute approximate surface area is 97.3 Å². The van der Waals surface area contributed by atoms with Gasteiger partial charge in [0, 0.05) is 25.7 Å². The highest BCUT2D eigenvalue weighted by Gasteiger charge is 2.07. The van der Waals surface area contributed by atoms with Gasteiger partial charge in [0.1, 0.15) is 18.0 Å². The standard InChI is InChI=1S/C11H21N5/c1-5-9-10(12-2)14-8-15-11(9)13-6-7-16(3)4/h8H,5-7H2,1-4H3,(H2,12,13,14,15). The molecule has 5 nitrogen and oxygen atoms in total. The molecule has 0 spiro atoms. The van der Waals surface area contributed by atoms with Crippen molar-refractivity contribution in [2.24, 2.45) is 0 Å². The molecule has 16 heavy (non-hydrogen) atoms. The van der Waals surface area contributed by atoms with Gasteiger partial charge in [-0.25, -0.2) is 9.97 Å². The van der Waals surface area contributed by atoms with Gasteiger partial charge in [-0.05, 0) is 20.5 Å². The number of hydrogen-bond donors (Lipinski definition) is 2. The molecule has 90 valence electrons. The van der Waals surface area contributed by atoms with Gasteiger partial charge in [-0.2, -0.15) is 0 Å². The van der Waals surface area contributed by atoms with E-state index in [1.165, 1.54) is 0 Å². The fraction of sp³-hybridized carbons (Fsp3) is 0.636. The molecular formula is C11H21N5. The van der Waals surface area contributed by atoms with Crippen LogP contribution in [-0.4, -0.2) is 49.1 Å². The second kappa shape index (κ2) is 6.27. The van der Waals surface area contributed by atoms with Crippen LogP contribution in [0.5, 0.6) is 0 Å². The van der Waals surface area contributed by atoms with Gasteiger partial charge in [0.15, 0.2) is 0 Å². The summed E-state index contributed by atoms with van der Waals surface area (Å²) in [5.41, 5.74) is 1.14. The lowest BCUT2D eigenvalue weighted by atomic mass is 10.2. The van der Waals surface area contributed by atoms with Crippen molar-refractivity contribution in [1.82, 2.24) is 14.9 Å². The number of rotatable bonds is 6. The van der Waals surface area contributed by atoms with Gasteiger partial charge in [-0.15, -0.1) is 0 Å². The maximum Gasteiger partial charge on any atom is 0.134 e. The molecule has 0 radical (unpaired) electrons. The summed E-state index contributed by atoms with van der Waals surface area (Å²) in [6, 6.07) is 0. The van der Waals surface area contributed by atoms with E-state index in [4.69, 9.17) is 0 Å². The second-order valence-corrected chi connectivity index (χ2v) is 3.88. The highest BCUT2D eigenvalue weighted by molar-refractivity contribution is 5.57. The molecule has 1 heterocycles. The van der Waals surface area contributed by atoms with Crippen molar-refractivity contribution in [3.63, 3.8) is 0 Å². The van der Waals surface area contributed by atoms with Crippen molar-refractivity contribution in [3.8, 4) is 0 Å². The molecule has 0 fully saturated rings. The van der Waals surface area contributed by atoms with Gasteiger partial charge in [0.25, 0.3) is 0 Å². The van der Waals surface area contributed by atoms with Crippen molar-refractivity contribution in [2.75, 3.05) is 44.9 Å². The van der Waals surface area contributed by atoms with E-state index >= 15 is 0 Å². The molecule has 5 heteroatoms. The zero-order chi connectivity index (χ0) is 12.0. The van der Waals surface area contributed by atoms with Crippen LogP contribution in [0.4, 0.5) is 11.6 Å². The first-order valence-corrected chi connectivity index (χ1v) is 5.59. The quantitative estimate of drug-likeness (QED) is 0.755. The van der Waals surface area contributed by atoms with Crippen molar-refractivity contribution in [3.05, 3.63) is 11.9 Å². The zero-order valence-electron chi connectivity index (χ0n) is 10.5. The molecule has 0 saturated heterocycles. The molecule has 0 aliphatic rings. The molecule has 0 unspecified atom stereocenters. The third-order valence-electron chi connectivity index (χ3n) is 2.39. The molecule has 0 amide bonds. The third-order valence-corrected chi connectivity index (χ3v) is 2.39. The molecule has 2 N–H and O–H groups in total. The fourth-order valence-corrected chi connectivity index (χ4v) is 1.51. The van der Waals surface area contributed by atoms with Crippen LogP contribution in [0.25, 0.3) is 0 Å². The predicted octanol–water partition coefficient (Wildman–Crippen LogP) is 1.05. The first kappa shape index (κ1) is 12.7. The highest BCUT2D eigenvalue weighted by Crippen LogP contribution is 2.19. The topological polar surface area (TPSA) is 53.1 Å². The van der Waals surface area contributed by atoms with Crippen LogP contribution in [0, 0.1) is 0 Å². The summed E-state index contributed by atoms with van der Waals surface area (Å²) in [5, 5.41) is 6.42. The van der Waals surface area contributed by atoms with Crippen LogP contribution in [0.15, 0.2) is 6.33 Å². The van der Waals surface area contributed by atoms with E-state index in [-0.39, 0.29) is 0 Å². The molecule has 0 saturated carbocycles. The van der Waals surface area contributed by atoms with Crippen molar-refractivity contribution >= 4 is 11.6 Å². The average molecular weight is 223 g/mol. The van der Waals surface area contributed by atoms with E-state index in [1.54, 1.807) is 6.33 Å². The first-order chi connectivity index (χ1) is 7.69. The average Bonchev–Trinajstić information content (AvgIpc) is 2.28. The number of nitrogens with one attached hydrogen (secondary N) is 2. The van der Waals surface area contributed by atoms with Crippen LogP contribution in [0.1, 0.15) is 12.5 Å². The Kier molecular flexibility index (Phi) is 4.98. The predicted molar refractivity (Wildman–Crippen MR) is 68.0 cm³/mol.